The molecule has 4 aliphatic rings. The molecule has 7 nitrogen and oxygen atoms in total. The second-order valence-corrected chi connectivity index (χ2v) is 13.1. The Labute approximate surface area is 236 Å². The molecule has 5 rings (SSSR count). The minimum Gasteiger partial charge on any atom is -0.394 e. The van der Waals surface area contributed by atoms with Crippen molar-refractivity contribution in [2.45, 2.75) is 69.5 Å². The highest BCUT2D eigenvalue weighted by Crippen LogP contribution is 2.61. The molecule has 1 spiro atoms. The number of hydrogen-bond donors (Lipinski definition) is 1. The highest BCUT2D eigenvalue weighted by Gasteiger charge is 2.72. The number of fused-ring (bicyclic) bond motifs is 2. The first-order chi connectivity index (χ1) is 18.7. The average Bonchev–Trinajstić information content (AvgIpc) is 3.24. The van der Waals surface area contributed by atoms with Crippen molar-refractivity contribution >= 4 is 35.2 Å². The van der Waals surface area contributed by atoms with Gasteiger partial charge in [-0.3, -0.25) is 14.4 Å². The Bertz CT molecular complexity index is 1210. The lowest BCUT2D eigenvalue weighted by Gasteiger charge is -2.40. The number of benzene rings is 1. The van der Waals surface area contributed by atoms with E-state index in [0.717, 1.165) is 29.7 Å². The van der Waals surface area contributed by atoms with Gasteiger partial charge >= 0.3 is 0 Å². The lowest BCUT2D eigenvalue weighted by atomic mass is 9.78. The van der Waals surface area contributed by atoms with Crippen LogP contribution in [0, 0.1) is 31.6 Å². The number of likely N-dealkylation sites (tertiary alicyclic amines) is 1. The topological polar surface area (TPSA) is 81.2 Å². The molecule has 210 valence electrons. The summed E-state index contributed by atoms with van der Waals surface area (Å²) < 4.78 is -0.883. The van der Waals surface area contributed by atoms with Gasteiger partial charge < -0.3 is 19.8 Å². The maximum Gasteiger partial charge on any atom is 0.251 e. The van der Waals surface area contributed by atoms with Gasteiger partial charge in [0.2, 0.25) is 11.8 Å². The van der Waals surface area contributed by atoms with Crippen LogP contribution in [0.25, 0.3) is 0 Å². The Kier molecular flexibility index (Phi) is 7.72. The van der Waals surface area contributed by atoms with Gasteiger partial charge in [-0.1, -0.05) is 63.6 Å². The zero-order valence-corrected chi connectivity index (χ0v) is 24.5. The molecule has 0 saturated carbocycles. The number of aliphatic hydroxyl groups is 1. The van der Waals surface area contributed by atoms with Crippen LogP contribution in [-0.2, 0) is 14.4 Å². The molecule has 4 aliphatic heterocycles. The van der Waals surface area contributed by atoms with Crippen LogP contribution in [0.4, 0.5) is 5.69 Å². The van der Waals surface area contributed by atoms with Crippen LogP contribution in [0.1, 0.15) is 44.7 Å². The number of thioether (sulfide) groups is 1. The van der Waals surface area contributed by atoms with Crippen LogP contribution in [-0.4, -0.2) is 80.9 Å². The number of aryl methyl sites for hydroxylation is 2. The number of rotatable bonds is 7. The largest absolute Gasteiger partial charge is 0.394 e. The molecule has 0 radical (unpaired) electrons. The van der Waals surface area contributed by atoms with Crippen molar-refractivity contribution in [2.24, 2.45) is 17.8 Å². The van der Waals surface area contributed by atoms with E-state index in [2.05, 4.69) is 19.1 Å². The van der Waals surface area contributed by atoms with Crippen LogP contribution >= 0.6 is 11.8 Å². The lowest BCUT2D eigenvalue weighted by Crippen LogP contribution is -2.58. The Morgan fingerprint density at radius 3 is 2.54 bits per heavy atom. The van der Waals surface area contributed by atoms with Crippen LogP contribution in [0.2, 0.25) is 0 Å². The molecule has 2 saturated heterocycles. The van der Waals surface area contributed by atoms with Gasteiger partial charge in [-0.25, -0.2) is 0 Å². The maximum atomic E-state index is 14.7. The van der Waals surface area contributed by atoms with Crippen molar-refractivity contribution in [3.8, 4) is 0 Å². The number of amides is 3. The predicted molar refractivity (Wildman–Crippen MR) is 155 cm³/mol. The molecule has 1 aromatic rings. The molecule has 1 N–H and O–H groups in total. The second kappa shape index (κ2) is 10.8. The van der Waals surface area contributed by atoms with E-state index < -0.39 is 28.7 Å². The van der Waals surface area contributed by atoms with Crippen LogP contribution in [0.5, 0.6) is 0 Å². The summed E-state index contributed by atoms with van der Waals surface area (Å²) in [5.74, 6) is -1.54. The Morgan fingerprint density at radius 2 is 1.85 bits per heavy atom. The van der Waals surface area contributed by atoms with Crippen molar-refractivity contribution < 1.29 is 19.5 Å². The van der Waals surface area contributed by atoms with E-state index in [1.165, 1.54) is 0 Å². The third-order valence-corrected chi connectivity index (χ3v) is 10.9. The van der Waals surface area contributed by atoms with Gasteiger partial charge in [0, 0.05) is 30.6 Å². The summed E-state index contributed by atoms with van der Waals surface area (Å²) in [4.78, 5) is 48.6. The molecule has 3 amide bonds. The van der Waals surface area contributed by atoms with E-state index in [1.54, 1.807) is 21.6 Å². The summed E-state index contributed by atoms with van der Waals surface area (Å²) in [5, 5.41) is 10.4. The number of carbonyl (C=O) groups is 3. The monoisotopic (exact) mass is 551 g/mol. The van der Waals surface area contributed by atoms with Crippen LogP contribution in [0.15, 0.2) is 42.5 Å². The zero-order valence-electron chi connectivity index (χ0n) is 23.7. The molecule has 1 unspecified atom stereocenters. The molecule has 1 aromatic carbocycles. The summed E-state index contributed by atoms with van der Waals surface area (Å²) in [6, 6.07) is 4.76. The van der Waals surface area contributed by atoms with E-state index in [4.69, 9.17) is 0 Å². The highest BCUT2D eigenvalue weighted by molar-refractivity contribution is 8.02. The van der Waals surface area contributed by atoms with Crippen LogP contribution in [0.3, 0.4) is 0 Å². The molecule has 7 atom stereocenters. The Balaban J connectivity index is 1.67. The number of anilines is 1. The molecular formula is C31H41N3O4S. The summed E-state index contributed by atoms with van der Waals surface area (Å²) in [6.07, 6.45) is 9.78. The zero-order chi connectivity index (χ0) is 28.1. The normalized spacial score (nSPS) is 31.6. The fourth-order valence-corrected chi connectivity index (χ4v) is 8.99. The Morgan fingerprint density at radius 1 is 1.08 bits per heavy atom. The molecule has 0 bridgehead atoms. The highest BCUT2D eigenvalue weighted by atomic mass is 32.2. The number of hydrogen-bond acceptors (Lipinski definition) is 5. The van der Waals surface area contributed by atoms with Crippen molar-refractivity contribution in [1.29, 1.82) is 0 Å². The van der Waals surface area contributed by atoms with Crippen molar-refractivity contribution in [3.05, 3.63) is 53.6 Å². The quantitative estimate of drug-likeness (QED) is 0.523. The minimum atomic E-state index is -0.883. The van der Waals surface area contributed by atoms with Gasteiger partial charge in [-0.05, 0) is 43.4 Å². The standard InChI is InChI=1S/C31H41N3O4S/c1-6-14-32-15-8-10-24-25(28(32)36)26-29(37)34(23(18-35)20(4)7-2)27-30(38)33(16-9-13-31(26,27)39-24)22-17-19(3)11-12-21(22)5/h8-13,17,20,23-27,35H,6-7,14-16,18H2,1-5H3/t20-,23-,24-,25+,26-,27?,31-/m0/s1. The van der Waals surface area contributed by atoms with Crippen molar-refractivity contribution in [1.82, 2.24) is 9.80 Å². The van der Waals surface area contributed by atoms with Crippen molar-refractivity contribution in [2.75, 3.05) is 31.1 Å². The third kappa shape index (κ3) is 4.34. The van der Waals surface area contributed by atoms with E-state index in [0.29, 0.717) is 19.6 Å². The van der Waals surface area contributed by atoms with E-state index in [1.807, 2.05) is 62.9 Å². The van der Waals surface area contributed by atoms with E-state index in [9.17, 15) is 19.5 Å². The van der Waals surface area contributed by atoms with Gasteiger partial charge in [0.15, 0.2) is 0 Å². The second-order valence-electron chi connectivity index (χ2n) is 11.6. The Hall–Kier alpha value is -2.58. The fourth-order valence-electron chi connectivity index (χ4n) is 7.00. The summed E-state index contributed by atoms with van der Waals surface area (Å²) >= 11 is 1.60. The SMILES string of the molecule is CCCN1CC=C[C@@H]2S[C@]34C=CCN(c5cc(C)ccc5C)C(=O)C3N([C@@H](CO)[C@@H](C)CC)C(=O)[C@@H]4[C@@H]2C1=O. The van der Waals surface area contributed by atoms with Gasteiger partial charge in [-0.15, -0.1) is 11.8 Å². The number of aliphatic hydroxyl groups excluding tert-OH is 1. The minimum absolute atomic E-state index is 0.00394. The first-order valence-corrected chi connectivity index (χ1v) is 15.2. The number of nitrogens with zero attached hydrogens (tertiary/aromatic N) is 3. The molecule has 2 fully saturated rings. The third-order valence-electron chi connectivity index (χ3n) is 9.17. The first kappa shape index (κ1) is 28.0. The van der Waals surface area contributed by atoms with Crippen LogP contribution < -0.4 is 4.90 Å². The van der Waals surface area contributed by atoms with Crippen molar-refractivity contribution in [3.63, 3.8) is 0 Å². The molecule has 39 heavy (non-hydrogen) atoms. The lowest BCUT2D eigenvalue weighted by molar-refractivity contribution is -0.145. The number of carbonyl (C=O) groups excluding carboxylic acids is 3. The van der Waals surface area contributed by atoms with E-state index in [-0.39, 0.29) is 35.5 Å². The predicted octanol–water partition coefficient (Wildman–Crippen LogP) is 3.72. The smallest absolute Gasteiger partial charge is 0.251 e. The van der Waals surface area contributed by atoms with E-state index >= 15 is 0 Å². The van der Waals surface area contributed by atoms with Gasteiger partial charge in [0.25, 0.3) is 5.91 Å². The van der Waals surface area contributed by atoms with Gasteiger partial charge in [-0.2, -0.15) is 0 Å². The molecule has 4 heterocycles. The maximum absolute atomic E-state index is 14.7. The summed E-state index contributed by atoms with van der Waals surface area (Å²) in [7, 11) is 0. The van der Waals surface area contributed by atoms with Gasteiger partial charge in [0.05, 0.1) is 29.2 Å². The average molecular weight is 552 g/mol. The first-order valence-electron chi connectivity index (χ1n) is 14.3. The summed E-state index contributed by atoms with van der Waals surface area (Å²) in [6.45, 7) is 11.5. The summed E-state index contributed by atoms with van der Waals surface area (Å²) in [5.41, 5.74) is 2.88. The molecule has 8 heteroatoms. The van der Waals surface area contributed by atoms with Gasteiger partial charge in [0.1, 0.15) is 6.04 Å². The fraction of sp³-hybridized carbons (Fsp3) is 0.581. The molecular weight excluding hydrogens is 510 g/mol. The molecule has 0 aromatic heterocycles. The molecule has 0 aliphatic carbocycles.